The summed E-state index contributed by atoms with van der Waals surface area (Å²) in [6.07, 6.45) is -0.360. The van der Waals surface area contributed by atoms with Crippen LogP contribution in [0.5, 0.6) is 0 Å². The summed E-state index contributed by atoms with van der Waals surface area (Å²) in [6, 6.07) is 0. The van der Waals surface area contributed by atoms with Crippen molar-refractivity contribution in [1.82, 2.24) is 0 Å². The van der Waals surface area contributed by atoms with E-state index in [2.05, 4.69) is 0 Å². The number of carbonyl (C=O) groups is 3. The molecule has 1 N–H and O–H groups in total. The summed E-state index contributed by atoms with van der Waals surface area (Å²) >= 11 is 0. The number of allylic oxidation sites excluding steroid dienone is 1. The molecule has 2 aliphatic carbocycles. The Morgan fingerprint density at radius 3 is 2.81 bits per heavy atom. The van der Waals surface area contributed by atoms with Crippen LogP contribution in [0.25, 0.3) is 0 Å². The molecule has 114 valence electrons. The summed E-state index contributed by atoms with van der Waals surface area (Å²) in [6.45, 7) is 3.01. The first-order chi connectivity index (χ1) is 9.82. The Morgan fingerprint density at radius 2 is 2.14 bits per heavy atom. The van der Waals surface area contributed by atoms with E-state index >= 15 is 0 Å². The Bertz CT molecular complexity index is 563. The molecular weight excluding hydrogens is 276 g/mol. The maximum Gasteiger partial charge on any atom is 0.309 e. The zero-order valence-electron chi connectivity index (χ0n) is 12.0. The van der Waals surface area contributed by atoms with E-state index in [1.807, 2.05) is 0 Å². The normalized spacial score (nSPS) is 38.7. The molecule has 1 saturated heterocycles. The fourth-order valence-corrected chi connectivity index (χ4v) is 3.77. The van der Waals surface area contributed by atoms with Gasteiger partial charge in [-0.3, -0.25) is 14.4 Å². The number of rotatable bonds is 1. The number of fused-ring (bicyclic) bond motifs is 3. The van der Waals surface area contributed by atoms with Gasteiger partial charge in [0.25, 0.3) is 0 Å². The molecule has 0 bridgehead atoms. The minimum Gasteiger partial charge on any atom is -0.462 e. The molecular formula is C15H18O6. The molecule has 1 heterocycles. The Balaban J connectivity index is 2.03. The number of Topliss-reactive ketones (excluding diaryl/α,β-unsaturated/α-hetero) is 1. The Labute approximate surface area is 122 Å². The van der Waals surface area contributed by atoms with Gasteiger partial charge in [0.15, 0.2) is 11.9 Å². The monoisotopic (exact) mass is 294 g/mol. The first kappa shape index (κ1) is 14.3. The first-order valence-corrected chi connectivity index (χ1v) is 7.15. The highest BCUT2D eigenvalue weighted by Gasteiger charge is 2.56. The van der Waals surface area contributed by atoms with E-state index < -0.39 is 29.7 Å². The van der Waals surface area contributed by atoms with Crippen LogP contribution < -0.4 is 0 Å². The SMILES string of the molecule is CC(=O)OC1CCC2(O)CC(=O)OC2C2=C(C)C(=O)CC21. The predicted octanol–water partition coefficient (Wildman–Crippen LogP) is 0.664. The van der Waals surface area contributed by atoms with Gasteiger partial charge >= 0.3 is 11.9 Å². The summed E-state index contributed by atoms with van der Waals surface area (Å²) in [5, 5.41) is 10.7. The lowest BCUT2D eigenvalue weighted by Gasteiger charge is -2.27. The van der Waals surface area contributed by atoms with Crippen LogP contribution in [-0.2, 0) is 23.9 Å². The first-order valence-electron chi connectivity index (χ1n) is 7.15. The van der Waals surface area contributed by atoms with Crippen LogP contribution >= 0.6 is 0 Å². The van der Waals surface area contributed by atoms with Gasteiger partial charge in [0.2, 0.25) is 0 Å². The zero-order valence-corrected chi connectivity index (χ0v) is 12.0. The number of hydrogen-bond acceptors (Lipinski definition) is 6. The molecule has 2 fully saturated rings. The molecule has 1 aliphatic heterocycles. The molecule has 0 aromatic rings. The van der Waals surface area contributed by atoms with Crippen LogP contribution in [0, 0.1) is 5.92 Å². The fourth-order valence-electron chi connectivity index (χ4n) is 3.77. The summed E-state index contributed by atoms with van der Waals surface area (Å²) in [7, 11) is 0. The highest BCUT2D eigenvalue weighted by Crippen LogP contribution is 2.48. The molecule has 4 unspecified atom stereocenters. The van der Waals surface area contributed by atoms with Crippen molar-refractivity contribution in [3.05, 3.63) is 11.1 Å². The highest BCUT2D eigenvalue weighted by atomic mass is 16.6. The Kier molecular flexibility index (Phi) is 3.16. The van der Waals surface area contributed by atoms with Gasteiger partial charge in [-0.1, -0.05) is 0 Å². The fraction of sp³-hybridized carbons (Fsp3) is 0.667. The van der Waals surface area contributed by atoms with Gasteiger partial charge in [-0.25, -0.2) is 0 Å². The summed E-state index contributed by atoms with van der Waals surface area (Å²) in [4.78, 5) is 34.9. The van der Waals surface area contributed by atoms with Gasteiger partial charge in [0.05, 0.1) is 6.42 Å². The standard InChI is InChI=1S/C15H18O6/c1-7-10(17)5-9-11(20-8(2)16)3-4-15(19)6-12(18)21-14(15)13(7)9/h9,11,14,19H,3-6H2,1-2H3. The second kappa shape index (κ2) is 4.66. The molecule has 0 spiro atoms. The molecule has 0 aromatic carbocycles. The van der Waals surface area contributed by atoms with Crippen LogP contribution in [-0.4, -0.2) is 40.6 Å². The van der Waals surface area contributed by atoms with E-state index in [-0.39, 0.29) is 24.5 Å². The minimum atomic E-state index is -1.30. The number of ketones is 1. The van der Waals surface area contributed by atoms with Gasteiger partial charge in [0.1, 0.15) is 11.7 Å². The quantitative estimate of drug-likeness (QED) is 0.715. The molecule has 6 nitrogen and oxygen atoms in total. The average molecular weight is 294 g/mol. The van der Waals surface area contributed by atoms with E-state index in [0.29, 0.717) is 24.0 Å². The van der Waals surface area contributed by atoms with Crippen molar-refractivity contribution in [3.8, 4) is 0 Å². The third-order valence-electron chi connectivity index (χ3n) is 4.75. The van der Waals surface area contributed by atoms with E-state index in [4.69, 9.17) is 9.47 Å². The number of aliphatic hydroxyl groups is 1. The lowest BCUT2D eigenvalue weighted by molar-refractivity contribution is -0.150. The smallest absolute Gasteiger partial charge is 0.309 e. The second-order valence-electron chi connectivity index (χ2n) is 6.15. The molecule has 1 saturated carbocycles. The van der Waals surface area contributed by atoms with Crippen molar-refractivity contribution in [2.75, 3.05) is 0 Å². The van der Waals surface area contributed by atoms with Crippen molar-refractivity contribution in [2.45, 2.75) is 57.3 Å². The van der Waals surface area contributed by atoms with E-state index in [1.54, 1.807) is 6.92 Å². The van der Waals surface area contributed by atoms with Gasteiger partial charge in [0, 0.05) is 19.3 Å². The van der Waals surface area contributed by atoms with Gasteiger partial charge in [-0.2, -0.15) is 0 Å². The molecule has 0 aromatic heterocycles. The van der Waals surface area contributed by atoms with Crippen molar-refractivity contribution < 1.29 is 29.0 Å². The number of carbonyl (C=O) groups excluding carboxylic acids is 3. The second-order valence-corrected chi connectivity index (χ2v) is 6.15. The molecule has 0 radical (unpaired) electrons. The van der Waals surface area contributed by atoms with Crippen LogP contribution in [0.2, 0.25) is 0 Å². The molecule has 6 heteroatoms. The molecule has 3 rings (SSSR count). The zero-order chi connectivity index (χ0) is 15.4. The summed E-state index contributed by atoms with van der Waals surface area (Å²) in [5.74, 6) is -1.20. The lowest BCUT2D eigenvalue weighted by Crippen LogP contribution is -2.39. The average Bonchev–Trinajstić information content (AvgIpc) is 2.80. The lowest BCUT2D eigenvalue weighted by atomic mass is 9.86. The highest BCUT2D eigenvalue weighted by molar-refractivity contribution is 5.99. The molecule has 3 aliphatic rings. The third-order valence-corrected chi connectivity index (χ3v) is 4.75. The topological polar surface area (TPSA) is 89.9 Å². The van der Waals surface area contributed by atoms with E-state index in [9.17, 15) is 19.5 Å². The van der Waals surface area contributed by atoms with Crippen LogP contribution in [0.3, 0.4) is 0 Å². The summed E-state index contributed by atoms with van der Waals surface area (Å²) < 4.78 is 10.6. The van der Waals surface area contributed by atoms with E-state index in [1.165, 1.54) is 6.92 Å². The Hall–Kier alpha value is -1.69. The molecule has 0 amide bonds. The van der Waals surface area contributed by atoms with Gasteiger partial charge < -0.3 is 14.6 Å². The molecule has 4 atom stereocenters. The van der Waals surface area contributed by atoms with E-state index in [0.717, 1.165) is 0 Å². The van der Waals surface area contributed by atoms with Crippen molar-refractivity contribution in [1.29, 1.82) is 0 Å². The molecule has 21 heavy (non-hydrogen) atoms. The van der Waals surface area contributed by atoms with Crippen LogP contribution in [0.15, 0.2) is 11.1 Å². The Morgan fingerprint density at radius 1 is 1.43 bits per heavy atom. The van der Waals surface area contributed by atoms with Crippen molar-refractivity contribution in [2.24, 2.45) is 5.92 Å². The number of hydrogen-bond donors (Lipinski definition) is 1. The number of esters is 2. The van der Waals surface area contributed by atoms with Gasteiger partial charge in [-0.05, 0) is 30.9 Å². The van der Waals surface area contributed by atoms with Crippen molar-refractivity contribution >= 4 is 17.7 Å². The van der Waals surface area contributed by atoms with Crippen molar-refractivity contribution in [3.63, 3.8) is 0 Å². The summed E-state index contributed by atoms with van der Waals surface area (Å²) in [5.41, 5.74) is -0.139. The van der Waals surface area contributed by atoms with Gasteiger partial charge in [-0.15, -0.1) is 0 Å². The predicted molar refractivity (Wildman–Crippen MR) is 70.0 cm³/mol. The largest absolute Gasteiger partial charge is 0.462 e. The van der Waals surface area contributed by atoms with Crippen LogP contribution in [0.4, 0.5) is 0 Å². The minimum absolute atomic E-state index is 0.0423. The maximum atomic E-state index is 12.0. The maximum absolute atomic E-state index is 12.0. The number of ether oxygens (including phenoxy) is 2. The third kappa shape index (κ3) is 2.18. The van der Waals surface area contributed by atoms with Crippen LogP contribution in [0.1, 0.15) is 39.5 Å².